The molecule has 3 rings (SSSR count). The van der Waals surface area contributed by atoms with Gasteiger partial charge in [0.05, 0.1) is 5.56 Å². The van der Waals surface area contributed by atoms with Crippen molar-refractivity contribution in [3.63, 3.8) is 0 Å². The van der Waals surface area contributed by atoms with Gasteiger partial charge in [0.1, 0.15) is 30.5 Å². The molecule has 0 atom stereocenters. The first kappa shape index (κ1) is 27.9. The molecular formula is C28H26O10. The van der Waals surface area contributed by atoms with Gasteiger partial charge in [0, 0.05) is 6.08 Å². The van der Waals surface area contributed by atoms with Gasteiger partial charge in [-0.25, -0.2) is 14.5 Å². The molecule has 38 heavy (non-hydrogen) atoms. The zero-order valence-corrected chi connectivity index (χ0v) is 20.4. The molecule has 0 saturated carbocycles. The van der Waals surface area contributed by atoms with Crippen LogP contribution in [0.5, 0.6) is 23.0 Å². The molecule has 10 heteroatoms. The van der Waals surface area contributed by atoms with Crippen molar-refractivity contribution in [1.29, 1.82) is 0 Å². The van der Waals surface area contributed by atoms with Crippen LogP contribution >= 0.6 is 0 Å². The van der Waals surface area contributed by atoms with E-state index >= 15 is 0 Å². The van der Waals surface area contributed by atoms with Crippen LogP contribution in [0.2, 0.25) is 0 Å². The number of hydrogen-bond donors (Lipinski definition) is 0. The highest BCUT2D eigenvalue weighted by atomic mass is 17.2. The maximum Gasteiger partial charge on any atom is 0.343 e. The first-order chi connectivity index (χ1) is 18.6. The lowest BCUT2D eigenvalue weighted by Gasteiger charge is -2.09. The van der Waals surface area contributed by atoms with E-state index in [1.54, 1.807) is 54.6 Å². The lowest BCUT2D eigenvalue weighted by molar-refractivity contribution is -0.315. The first-order valence-electron chi connectivity index (χ1n) is 11.3. The van der Waals surface area contributed by atoms with Gasteiger partial charge in [0.25, 0.3) is 0 Å². The van der Waals surface area contributed by atoms with Gasteiger partial charge in [-0.15, -0.1) is 6.58 Å². The molecule has 3 aromatic rings. The Morgan fingerprint density at radius 1 is 0.684 bits per heavy atom. The van der Waals surface area contributed by atoms with Gasteiger partial charge in [-0.1, -0.05) is 24.8 Å². The summed E-state index contributed by atoms with van der Waals surface area (Å²) < 4.78 is 20.7. The highest BCUT2D eigenvalue weighted by molar-refractivity contribution is 5.91. The molecule has 0 heterocycles. The van der Waals surface area contributed by atoms with E-state index in [0.29, 0.717) is 28.6 Å². The van der Waals surface area contributed by atoms with Crippen LogP contribution in [0.25, 0.3) is 0 Å². The SMILES string of the molecule is C=CCOOCOc1ccc(COOc2ccc(OC(=O)c3ccc(OCOC(=O)C=C)cc3)cc2)cc1. The van der Waals surface area contributed by atoms with E-state index in [4.69, 9.17) is 38.5 Å². The molecule has 0 fully saturated rings. The summed E-state index contributed by atoms with van der Waals surface area (Å²) >= 11 is 0. The van der Waals surface area contributed by atoms with Crippen LogP contribution in [0.3, 0.4) is 0 Å². The Morgan fingerprint density at radius 3 is 1.95 bits per heavy atom. The van der Waals surface area contributed by atoms with Gasteiger partial charge in [0.2, 0.25) is 13.6 Å². The molecule has 0 amide bonds. The van der Waals surface area contributed by atoms with Crippen LogP contribution in [-0.4, -0.2) is 32.1 Å². The molecule has 0 aromatic heterocycles. The molecule has 0 aliphatic rings. The minimum absolute atomic E-state index is 0.0457. The molecule has 198 valence electrons. The minimum atomic E-state index is -0.595. The van der Waals surface area contributed by atoms with Crippen molar-refractivity contribution >= 4 is 11.9 Å². The average Bonchev–Trinajstić information content (AvgIpc) is 2.95. The maximum absolute atomic E-state index is 12.4. The van der Waals surface area contributed by atoms with Gasteiger partial charge in [0.15, 0.2) is 5.75 Å². The third kappa shape index (κ3) is 9.78. The highest BCUT2D eigenvalue weighted by Gasteiger charge is 2.10. The molecule has 10 nitrogen and oxygen atoms in total. The topological polar surface area (TPSA) is 108 Å². The van der Waals surface area contributed by atoms with Crippen LogP contribution in [0.4, 0.5) is 0 Å². The summed E-state index contributed by atoms with van der Waals surface area (Å²) in [6, 6.07) is 19.7. The normalized spacial score (nSPS) is 10.2. The van der Waals surface area contributed by atoms with Crippen LogP contribution in [0.15, 0.2) is 98.1 Å². The van der Waals surface area contributed by atoms with Crippen LogP contribution < -0.4 is 19.1 Å². The Bertz CT molecular complexity index is 1170. The minimum Gasteiger partial charge on any atom is -0.465 e. The average molecular weight is 523 g/mol. The molecule has 0 aliphatic heterocycles. The zero-order valence-electron chi connectivity index (χ0n) is 20.4. The highest BCUT2D eigenvalue weighted by Crippen LogP contribution is 2.21. The largest absolute Gasteiger partial charge is 0.465 e. The molecular weight excluding hydrogens is 496 g/mol. The molecule has 0 bridgehead atoms. The Kier molecular flexibility index (Phi) is 11.4. The number of carbonyl (C=O) groups excluding carboxylic acids is 2. The number of esters is 2. The molecule has 3 aromatic carbocycles. The van der Waals surface area contributed by atoms with E-state index in [1.165, 1.54) is 12.1 Å². The molecule has 0 saturated heterocycles. The van der Waals surface area contributed by atoms with E-state index in [9.17, 15) is 9.59 Å². The fourth-order valence-electron chi connectivity index (χ4n) is 2.70. The quantitative estimate of drug-likeness (QED) is 0.0375. The van der Waals surface area contributed by atoms with Crippen molar-refractivity contribution in [2.75, 3.05) is 20.2 Å². The maximum atomic E-state index is 12.4. The predicted molar refractivity (Wildman–Crippen MR) is 134 cm³/mol. The van der Waals surface area contributed by atoms with Crippen molar-refractivity contribution in [3.8, 4) is 23.0 Å². The third-order valence-electron chi connectivity index (χ3n) is 4.56. The second kappa shape index (κ2) is 15.5. The molecule has 0 radical (unpaired) electrons. The van der Waals surface area contributed by atoms with Gasteiger partial charge in [-0.2, -0.15) is 9.78 Å². The van der Waals surface area contributed by atoms with Crippen molar-refractivity contribution in [3.05, 3.63) is 109 Å². The van der Waals surface area contributed by atoms with Crippen LogP contribution in [-0.2, 0) is 30.8 Å². The number of ether oxygens (including phenoxy) is 4. The van der Waals surface area contributed by atoms with Crippen molar-refractivity contribution in [2.24, 2.45) is 0 Å². The monoisotopic (exact) mass is 522 g/mol. The fourth-order valence-corrected chi connectivity index (χ4v) is 2.70. The van der Waals surface area contributed by atoms with Gasteiger partial charge < -0.3 is 23.8 Å². The number of carbonyl (C=O) groups is 2. The summed E-state index contributed by atoms with van der Waals surface area (Å²) in [4.78, 5) is 43.5. The summed E-state index contributed by atoms with van der Waals surface area (Å²) in [6.07, 6.45) is 2.60. The van der Waals surface area contributed by atoms with E-state index < -0.39 is 11.9 Å². The van der Waals surface area contributed by atoms with Gasteiger partial charge in [-0.05, 0) is 66.2 Å². The second-order valence-corrected chi connectivity index (χ2v) is 7.26. The summed E-state index contributed by atoms with van der Waals surface area (Å²) in [5.41, 5.74) is 1.18. The second-order valence-electron chi connectivity index (χ2n) is 7.26. The van der Waals surface area contributed by atoms with Crippen molar-refractivity contribution < 1.29 is 48.1 Å². The number of benzene rings is 3. The van der Waals surface area contributed by atoms with Gasteiger partial charge in [-0.3, -0.25) is 0 Å². The first-order valence-corrected chi connectivity index (χ1v) is 11.3. The van der Waals surface area contributed by atoms with E-state index in [2.05, 4.69) is 13.2 Å². The molecule has 0 spiro atoms. The molecule has 0 aliphatic carbocycles. The zero-order chi connectivity index (χ0) is 27.0. The van der Waals surface area contributed by atoms with Crippen molar-refractivity contribution in [2.45, 2.75) is 6.61 Å². The summed E-state index contributed by atoms with van der Waals surface area (Å²) in [5, 5.41) is 0. The van der Waals surface area contributed by atoms with Crippen molar-refractivity contribution in [1.82, 2.24) is 0 Å². The van der Waals surface area contributed by atoms with Crippen LogP contribution in [0.1, 0.15) is 15.9 Å². The van der Waals surface area contributed by atoms with E-state index in [0.717, 1.165) is 11.6 Å². The molecule has 0 N–H and O–H groups in total. The Labute approximate surface area is 219 Å². The van der Waals surface area contributed by atoms with Crippen LogP contribution in [0, 0.1) is 0 Å². The molecule has 0 unspecified atom stereocenters. The number of hydrogen-bond acceptors (Lipinski definition) is 10. The Hall–Kier alpha value is -4.64. The summed E-state index contributed by atoms with van der Waals surface area (Å²) in [7, 11) is 0. The van der Waals surface area contributed by atoms with Gasteiger partial charge >= 0.3 is 11.9 Å². The lowest BCUT2D eigenvalue weighted by atomic mass is 10.2. The fraction of sp³-hybridized carbons (Fsp3) is 0.143. The smallest absolute Gasteiger partial charge is 0.343 e. The third-order valence-corrected chi connectivity index (χ3v) is 4.56. The number of rotatable bonds is 16. The predicted octanol–water partition coefficient (Wildman–Crippen LogP) is 4.95. The standard InChI is InChI=1S/C28H26O10/c1-3-17-34-36-20-32-23-9-5-21(6-10-23)18-35-38-26-15-13-25(14-16-26)37-28(30)22-7-11-24(12-8-22)31-19-33-27(29)4-2/h3-16H,1-2,17-20H2. The van der Waals surface area contributed by atoms with E-state index in [-0.39, 0.29) is 26.8 Å². The Balaban J connectivity index is 1.37. The summed E-state index contributed by atoms with van der Waals surface area (Å²) in [5.74, 6) is 0.640. The summed E-state index contributed by atoms with van der Waals surface area (Å²) in [6.45, 7) is 6.96. The Morgan fingerprint density at radius 2 is 1.29 bits per heavy atom. The lowest BCUT2D eigenvalue weighted by Crippen LogP contribution is -2.09. The van der Waals surface area contributed by atoms with E-state index in [1.807, 2.05) is 12.1 Å².